The lowest BCUT2D eigenvalue weighted by Gasteiger charge is -2.39. The standard InChI is InChI=1S/C23H24N4O7S/c28-22-13-19-12-21(20(25(19)22)11-15-1-5-17(6-2-15)26(30)31)35-10-9-24-23(29)34-14-16-3-7-18(8-4-16)27(32)33/h1-8,19-21H,9-14H2,(H,24,29). The average molecular weight is 501 g/mol. The van der Waals surface area contributed by atoms with Gasteiger partial charge in [-0.05, 0) is 36.1 Å². The summed E-state index contributed by atoms with van der Waals surface area (Å²) < 4.78 is 5.16. The van der Waals surface area contributed by atoms with Crippen molar-refractivity contribution in [2.24, 2.45) is 0 Å². The van der Waals surface area contributed by atoms with Gasteiger partial charge in [0.15, 0.2) is 0 Å². The normalized spacial score (nSPS) is 20.6. The number of alkyl carbamates (subject to hydrolysis) is 1. The molecular weight excluding hydrogens is 476 g/mol. The summed E-state index contributed by atoms with van der Waals surface area (Å²) in [7, 11) is 0. The van der Waals surface area contributed by atoms with E-state index in [0.717, 1.165) is 12.0 Å². The number of fused-ring (bicyclic) bond motifs is 1. The number of hydrogen-bond acceptors (Lipinski definition) is 8. The number of hydrogen-bond donors (Lipinski definition) is 1. The number of amides is 2. The van der Waals surface area contributed by atoms with E-state index < -0.39 is 15.9 Å². The second-order valence-electron chi connectivity index (χ2n) is 8.43. The third-order valence-corrected chi connectivity index (χ3v) is 7.57. The molecule has 2 amide bonds. The smallest absolute Gasteiger partial charge is 0.407 e. The van der Waals surface area contributed by atoms with Gasteiger partial charge in [-0.15, -0.1) is 0 Å². The van der Waals surface area contributed by atoms with Crippen molar-refractivity contribution in [3.05, 3.63) is 79.9 Å². The molecule has 12 heteroatoms. The zero-order valence-electron chi connectivity index (χ0n) is 18.7. The van der Waals surface area contributed by atoms with E-state index in [9.17, 15) is 29.8 Å². The summed E-state index contributed by atoms with van der Waals surface area (Å²) in [4.78, 5) is 46.7. The zero-order chi connectivity index (χ0) is 24.9. The monoisotopic (exact) mass is 500 g/mol. The van der Waals surface area contributed by atoms with Crippen molar-refractivity contribution in [2.75, 3.05) is 12.3 Å². The molecule has 3 atom stereocenters. The number of carbonyl (C=O) groups excluding carboxylic acids is 2. The largest absolute Gasteiger partial charge is 0.445 e. The third-order valence-electron chi connectivity index (χ3n) is 6.19. The Morgan fingerprint density at radius 1 is 1.03 bits per heavy atom. The van der Waals surface area contributed by atoms with E-state index in [2.05, 4.69) is 5.32 Å². The highest BCUT2D eigenvalue weighted by Gasteiger charge is 2.50. The van der Waals surface area contributed by atoms with E-state index in [1.165, 1.54) is 36.4 Å². The van der Waals surface area contributed by atoms with Crippen LogP contribution >= 0.6 is 11.8 Å². The van der Waals surface area contributed by atoms with E-state index in [0.29, 0.717) is 30.7 Å². The Labute approximate surface area is 205 Å². The van der Waals surface area contributed by atoms with Crippen LogP contribution in [0.25, 0.3) is 0 Å². The summed E-state index contributed by atoms with van der Waals surface area (Å²) in [6, 6.07) is 12.5. The van der Waals surface area contributed by atoms with E-state index >= 15 is 0 Å². The molecule has 3 unspecified atom stereocenters. The second-order valence-corrected chi connectivity index (χ2v) is 9.77. The fourth-order valence-corrected chi connectivity index (χ4v) is 5.77. The summed E-state index contributed by atoms with van der Waals surface area (Å²) in [5, 5.41) is 24.5. The van der Waals surface area contributed by atoms with Gasteiger partial charge in [0, 0.05) is 60.3 Å². The van der Waals surface area contributed by atoms with Crippen molar-refractivity contribution in [3.63, 3.8) is 0 Å². The molecule has 2 fully saturated rings. The number of nitrogens with zero attached hydrogens (tertiary/aromatic N) is 3. The molecular formula is C23H24N4O7S. The Kier molecular flexibility index (Phi) is 7.49. The summed E-state index contributed by atoms with van der Waals surface area (Å²) in [5.41, 5.74) is 1.60. The highest BCUT2D eigenvalue weighted by molar-refractivity contribution is 8.00. The van der Waals surface area contributed by atoms with Crippen LogP contribution in [0.2, 0.25) is 0 Å². The van der Waals surface area contributed by atoms with Crippen LogP contribution in [-0.4, -0.2) is 56.4 Å². The highest BCUT2D eigenvalue weighted by atomic mass is 32.2. The molecule has 0 bridgehead atoms. The number of ether oxygens (including phenoxy) is 1. The summed E-state index contributed by atoms with van der Waals surface area (Å²) in [6.07, 6.45) is 1.50. The molecule has 0 radical (unpaired) electrons. The molecule has 0 spiro atoms. The van der Waals surface area contributed by atoms with E-state index in [1.54, 1.807) is 23.9 Å². The van der Waals surface area contributed by atoms with Gasteiger partial charge in [0.25, 0.3) is 11.4 Å². The molecule has 2 aromatic rings. The molecule has 0 aromatic heterocycles. The van der Waals surface area contributed by atoms with Crippen molar-refractivity contribution >= 4 is 35.1 Å². The molecule has 2 heterocycles. The van der Waals surface area contributed by atoms with E-state index in [1.807, 2.05) is 4.90 Å². The number of rotatable bonds is 10. The molecule has 2 aliphatic rings. The Bertz CT molecular complexity index is 1110. The van der Waals surface area contributed by atoms with Gasteiger partial charge in [-0.3, -0.25) is 25.0 Å². The molecule has 35 heavy (non-hydrogen) atoms. The van der Waals surface area contributed by atoms with Crippen molar-refractivity contribution < 1.29 is 24.2 Å². The molecule has 2 aliphatic heterocycles. The first-order valence-electron chi connectivity index (χ1n) is 11.1. The van der Waals surface area contributed by atoms with Crippen LogP contribution in [-0.2, 0) is 22.6 Å². The number of benzene rings is 2. The van der Waals surface area contributed by atoms with Crippen LogP contribution < -0.4 is 5.32 Å². The van der Waals surface area contributed by atoms with Crippen LogP contribution in [0.3, 0.4) is 0 Å². The molecule has 0 saturated carbocycles. The Hall–Kier alpha value is -3.67. The first-order valence-corrected chi connectivity index (χ1v) is 12.2. The Balaban J connectivity index is 1.22. The van der Waals surface area contributed by atoms with Crippen LogP contribution in [0.4, 0.5) is 16.2 Å². The maximum Gasteiger partial charge on any atom is 0.407 e. The van der Waals surface area contributed by atoms with E-state index in [-0.39, 0.29) is 41.2 Å². The fraction of sp³-hybridized carbons (Fsp3) is 0.391. The summed E-state index contributed by atoms with van der Waals surface area (Å²) in [5.74, 6) is 0.779. The molecule has 2 aromatic carbocycles. The number of nitrogens with one attached hydrogen (secondary N) is 1. The number of nitro benzene ring substituents is 2. The maximum absolute atomic E-state index is 12.2. The van der Waals surface area contributed by atoms with Gasteiger partial charge in [0.1, 0.15) is 6.61 Å². The first-order chi connectivity index (χ1) is 16.8. The average Bonchev–Trinajstić information content (AvgIpc) is 3.11. The number of non-ortho nitro benzene ring substituents is 2. The van der Waals surface area contributed by atoms with Crippen LogP contribution in [0.1, 0.15) is 24.0 Å². The SMILES string of the molecule is O=C(NCCSC1CC2CC(=O)N2C1Cc1ccc([N+](=O)[O-])cc1)OCc1ccc([N+](=O)[O-])cc1. The summed E-state index contributed by atoms with van der Waals surface area (Å²) in [6.45, 7) is 0.402. The van der Waals surface area contributed by atoms with Gasteiger partial charge in [-0.25, -0.2) is 4.79 Å². The molecule has 4 rings (SSSR count). The van der Waals surface area contributed by atoms with Crippen molar-refractivity contribution in [3.8, 4) is 0 Å². The van der Waals surface area contributed by atoms with Gasteiger partial charge in [0.2, 0.25) is 5.91 Å². The number of β-lactam (4-membered cyclic amide) rings is 1. The van der Waals surface area contributed by atoms with Crippen molar-refractivity contribution in [1.82, 2.24) is 10.2 Å². The minimum atomic E-state index is -0.572. The summed E-state index contributed by atoms with van der Waals surface area (Å²) >= 11 is 1.69. The minimum Gasteiger partial charge on any atom is -0.445 e. The topological polar surface area (TPSA) is 145 Å². The lowest BCUT2D eigenvalue weighted by atomic mass is 10.0. The van der Waals surface area contributed by atoms with Crippen LogP contribution in [0.5, 0.6) is 0 Å². The predicted octanol–water partition coefficient (Wildman–Crippen LogP) is 3.45. The number of nitro groups is 2. The third kappa shape index (κ3) is 5.88. The second kappa shape index (κ2) is 10.7. The van der Waals surface area contributed by atoms with Crippen LogP contribution in [0.15, 0.2) is 48.5 Å². The number of thioether (sulfide) groups is 1. The molecule has 2 saturated heterocycles. The van der Waals surface area contributed by atoms with Crippen LogP contribution in [0, 0.1) is 20.2 Å². The lowest BCUT2D eigenvalue weighted by molar-refractivity contribution is -0.385. The Morgan fingerprint density at radius 2 is 1.63 bits per heavy atom. The first kappa shape index (κ1) is 24.5. The van der Waals surface area contributed by atoms with Gasteiger partial charge in [-0.2, -0.15) is 11.8 Å². The van der Waals surface area contributed by atoms with Gasteiger partial charge < -0.3 is 15.0 Å². The zero-order valence-corrected chi connectivity index (χ0v) is 19.5. The van der Waals surface area contributed by atoms with Gasteiger partial charge in [0.05, 0.1) is 9.85 Å². The molecule has 184 valence electrons. The highest BCUT2D eigenvalue weighted by Crippen LogP contribution is 2.42. The fourth-order valence-electron chi connectivity index (χ4n) is 4.43. The minimum absolute atomic E-state index is 0.00958. The number of carbonyl (C=O) groups is 2. The molecule has 1 N–H and O–H groups in total. The molecule has 11 nitrogen and oxygen atoms in total. The maximum atomic E-state index is 12.2. The van der Waals surface area contributed by atoms with Gasteiger partial charge in [-0.1, -0.05) is 12.1 Å². The predicted molar refractivity (Wildman–Crippen MR) is 128 cm³/mol. The quantitative estimate of drug-likeness (QED) is 0.226. The molecule has 0 aliphatic carbocycles. The van der Waals surface area contributed by atoms with Crippen molar-refractivity contribution in [2.45, 2.75) is 43.2 Å². The van der Waals surface area contributed by atoms with Gasteiger partial charge >= 0.3 is 6.09 Å². The van der Waals surface area contributed by atoms with E-state index in [4.69, 9.17) is 4.74 Å². The lowest BCUT2D eigenvalue weighted by Crippen LogP contribution is -2.53. The van der Waals surface area contributed by atoms with Crippen molar-refractivity contribution in [1.29, 1.82) is 0 Å². The Morgan fingerprint density at radius 3 is 2.20 bits per heavy atom.